The number of hydrogen-bond acceptors (Lipinski definition) is 4. The van der Waals surface area contributed by atoms with Crippen LogP contribution >= 0.6 is 12.4 Å². The summed E-state index contributed by atoms with van der Waals surface area (Å²) < 4.78 is 5.25. The molecule has 0 bridgehead atoms. The van der Waals surface area contributed by atoms with Crippen molar-refractivity contribution in [3.05, 3.63) is 24.3 Å². The fraction of sp³-hybridized carbons (Fsp3) is 0.500. The summed E-state index contributed by atoms with van der Waals surface area (Å²) in [6, 6.07) is 7.14. The highest BCUT2D eigenvalue weighted by atomic mass is 35.5. The molecule has 0 unspecified atom stereocenters. The van der Waals surface area contributed by atoms with Crippen molar-refractivity contribution in [1.82, 2.24) is 0 Å². The summed E-state index contributed by atoms with van der Waals surface area (Å²) >= 11 is 0. The highest BCUT2D eigenvalue weighted by Gasteiger charge is 2.36. The van der Waals surface area contributed by atoms with Crippen LogP contribution in [0.1, 0.15) is 25.7 Å². The van der Waals surface area contributed by atoms with Crippen molar-refractivity contribution in [2.24, 2.45) is 11.7 Å². The lowest BCUT2D eigenvalue weighted by Crippen LogP contribution is -2.54. The number of amides is 2. The van der Waals surface area contributed by atoms with Gasteiger partial charge in [0.15, 0.2) is 0 Å². The van der Waals surface area contributed by atoms with E-state index in [1.807, 2.05) is 6.07 Å². The third-order valence-electron chi connectivity index (χ3n) is 4.17. The molecular formula is C16H22ClN3O3. The first-order chi connectivity index (χ1) is 10.6. The lowest BCUT2D eigenvalue weighted by molar-refractivity contribution is -0.124. The molecule has 126 valence electrons. The van der Waals surface area contributed by atoms with Crippen LogP contribution in [0.25, 0.3) is 0 Å². The van der Waals surface area contributed by atoms with Gasteiger partial charge in [0.1, 0.15) is 5.54 Å². The van der Waals surface area contributed by atoms with Gasteiger partial charge in [0.2, 0.25) is 11.8 Å². The largest absolute Gasteiger partial charge is 0.381 e. The van der Waals surface area contributed by atoms with Crippen molar-refractivity contribution in [3.8, 4) is 0 Å². The van der Waals surface area contributed by atoms with Gasteiger partial charge in [-0.3, -0.25) is 9.59 Å². The highest BCUT2D eigenvalue weighted by molar-refractivity contribution is 5.99. The summed E-state index contributed by atoms with van der Waals surface area (Å²) in [4.78, 5) is 24.1. The minimum Gasteiger partial charge on any atom is -0.381 e. The summed E-state index contributed by atoms with van der Waals surface area (Å²) in [6.07, 6.45) is 2.94. The number of anilines is 2. The molecule has 3 rings (SSSR count). The number of benzene rings is 1. The van der Waals surface area contributed by atoms with Gasteiger partial charge in [-0.05, 0) is 43.9 Å². The average molecular weight is 340 g/mol. The van der Waals surface area contributed by atoms with Gasteiger partial charge in [-0.1, -0.05) is 6.07 Å². The Balaban J connectivity index is 0.00000192. The summed E-state index contributed by atoms with van der Waals surface area (Å²) in [7, 11) is 0. The number of hydrogen-bond donors (Lipinski definition) is 3. The Hall–Kier alpha value is -1.63. The van der Waals surface area contributed by atoms with Crippen molar-refractivity contribution in [1.29, 1.82) is 0 Å². The standard InChI is InChI=1S/C16H21N3O3.ClH/c17-16(6-8-22-9-7-16)15(21)19-13-3-1-2-12(10-13)18-14(20)11-4-5-11;/h1-3,10-11H,4-9,17H2,(H,18,20)(H,19,21);1H. The molecule has 2 fully saturated rings. The summed E-state index contributed by atoms with van der Waals surface area (Å²) in [5.74, 6) is -0.0162. The van der Waals surface area contributed by atoms with Gasteiger partial charge < -0.3 is 21.1 Å². The van der Waals surface area contributed by atoms with E-state index < -0.39 is 5.54 Å². The molecule has 1 aliphatic carbocycles. The van der Waals surface area contributed by atoms with Gasteiger partial charge in [0, 0.05) is 30.5 Å². The fourth-order valence-electron chi connectivity index (χ4n) is 2.48. The molecule has 0 spiro atoms. The molecule has 1 aromatic rings. The van der Waals surface area contributed by atoms with E-state index in [-0.39, 0.29) is 30.1 Å². The number of halogens is 1. The average Bonchev–Trinajstić information content (AvgIpc) is 3.33. The first kappa shape index (κ1) is 17.7. The molecule has 1 saturated heterocycles. The molecule has 7 heteroatoms. The van der Waals surface area contributed by atoms with Gasteiger partial charge in [-0.25, -0.2) is 0 Å². The second kappa shape index (κ2) is 7.29. The van der Waals surface area contributed by atoms with Gasteiger partial charge in [0.25, 0.3) is 0 Å². The van der Waals surface area contributed by atoms with Crippen molar-refractivity contribution < 1.29 is 14.3 Å². The van der Waals surface area contributed by atoms with Gasteiger partial charge in [-0.15, -0.1) is 12.4 Å². The van der Waals surface area contributed by atoms with E-state index in [9.17, 15) is 9.59 Å². The molecule has 1 aliphatic heterocycles. The zero-order chi connectivity index (χ0) is 15.6. The molecule has 2 aliphatic rings. The van der Waals surface area contributed by atoms with Crippen molar-refractivity contribution in [3.63, 3.8) is 0 Å². The Morgan fingerprint density at radius 2 is 1.74 bits per heavy atom. The molecule has 2 amide bonds. The van der Waals surface area contributed by atoms with Gasteiger partial charge >= 0.3 is 0 Å². The smallest absolute Gasteiger partial charge is 0.244 e. The topological polar surface area (TPSA) is 93.5 Å². The van der Waals surface area contributed by atoms with Gasteiger partial charge in [-0.2, -0.15) is 0 Å². The van der Waals surface area contributed by atoms with Crippen LogP contribution in [0.5, 0.6) is 0 Å². The minimum atomic E-state index is -0.883. The van der Waals surface area contributed by atoms with Crippen LogP contribution in [0.4, 0.5) is 11.4 Å². The molecular weight excluding hydrogens is 318 g/mol. The second-order valence-corrected chi connectivity index (χ2v) is 6.07. The maximum atomic E-state index is 12.4. The molecule has 1 aromatic carbocycles. The summed E-state index contributed by atoms with van der Waals surface area (Å²) in [5, 5.41) is 5.70. The van der Waals surface area contributed by atoms with Crippen LogP contribution in [0.15, 0.2) is 24.3 Å². The third-order valence-corrected chi connectivity index (χ3v) is 4.17. The first-order valence-corrected chi connectivity index (χ1v) is 7.66. The predicted octanol–water partition coefficient (Wildman–Crippen LogP) is 1.90. The monoisotopic (exact) mass is 339 g/mol. The number of nitrogens with one attached hydrogen (secondary N) is 2. The Morgan fingerprint density at radius 1 is 1.13 bits per heavy atom. The van der Waals surface area contributed by atoms with E-state index in [2.05, 4.69) is 10.6 Å². The first-order valence-electron chi connectivity index (χ1n) is 7.66. The van der Waals surface area contributed by atoms with E-state index in [0.29, 0.717) is 37.4 Å². The molecule has 1 heterocycles. The number of rotatable bonds is 4. The number of carbonyl (C=O) groups is 2. The summed E-state index contributed by atoms with van der Waals surface area (Å²) in [5.41, 5.74) is 6.59. The van der Waals surface area contributed by atoms with Crippen molar-refractivity contribution >= 4 is 35.6 Å². The Kier molecular flexibility index (Phi) is 5.62. The molecule has 0 atom stereocenters. The Bertz CT molecular complexity index is 584. The van der Waals surface area contributed by atoms with Crippen LogP contribution in [-0.4, -0.2) is 30.6 Å². The highest BCUT2D eigenvalue weighted by Crippen LogP contribution is 2.30. The number of nitrogens with two attached hydrogens (primary N) is 1. The third kappa shape index (κ3) is 4.43. The van der Waals surface area contributed by atoms with E-state index >= 15 is 0 Å². The van der Waals surface area contributed by atoms with Crippen LogP contribution in [-0.2, 0) is 14.3 Å². The molecule has 0 aromatic heterocycles. The van der Waals surface area contributed by atoms with E-state index in [1.54, 1.807) is 18.2 Å². The lowest BCUT2D eigenvalue weighted by Gasteiger charge is -2.31. The summed E-state index contributed by atoms with van der Waals surface area (Å²) in [6.45, 7) is 1.00. The number of carbonyl (C=O) groups excluding carboxylic acids is 2. The van der Waals surface area contributed by atoms with Crippen molar-refractivity contribution in [2.45, 2.75) is 31.2 Å². The molecule has 4 N–H and O–H groups in total. The van der Waals surface area contributed by atoms with E-state index in [1.165, 1.54) is 0 Å². The Morgan fingerprint density at radius 3 is 2.35 bits per heavy atom. The van der Waals surface area contributed by atoms with Crippen LogP contribution in [0, 0.1) is 5.92 Å². The maximum absolute atomic E-state index is 12.4. The molecule has 1 saturated carbocycles. The maximum Gasteiger partial charge on any atom is 0.244 e. The second-order valence-electron chi connectivity index (χ2n) is 6.07. The normalized spacial score (nSPS) is 19.3. The lowest BCUT2D eigenvalue weighted by atomic mass is 9.90. The quantitative estimate of drug-likeness (QED) is 0.781. The van der Waals surface area contributed by atoms with E-state index in [4.69, 9.17) is 10.5 Å². The fourth-order valence-corrected chi connectivity index (χ4v) is 2.48. The van der Waals surface area contributed by atoms with Crippen LogP contribution in [0.2, 0.25) is 0 Å². The minimum absolute atomic E-state index is 0. The Labute approximate surface area is 141 Å². The zero-order valence-electron chi connectivity index (χ0n) is 12.8. The molecule has 23 heavy (non-hydrogen) atoms. The molecule has 0 radical (unpaired) electrons. The van der Waals surface area contributed by atoms with E-state index in [0.717, 1.165) is 12.8 Å². The predicted molar refractivity (Wildman–Crippen MR) is 90.6 cm³/mol. The van der Waals surface area contributed by atoms with Crippen molar-refractivity contribution in [2.75, 3.05) is 23.8 Å². The van der Waals surface area contributed by atoms with Gasteiger partial charge in [0.05, 0.1) is 0 Å². The van der Waals surface area contributed by atoms with Crippen LogP contribution in [0.3, 0.4) is 0 Å². The number of ether oxygens (including phenoxy) is 1. The SMILES string of the molecule is Cl.NC1(C(=O)Nc2cccc(NC(=O)C3CC3)c2)CCOCC1. The van der Waals surface area contributed by atoms with Crippen LogP contribution < -0.4 is 16.4 Å². The zero-order valence-corrected chi connectivity index (χ0v) is 13.7. The molecule has 6 nitrogen and oxygen atoms in total.